The van der Waals surface area contributed by atoms with Gasteiger partial charge in [0.2, 0.25) is 0 Å². The van der Waals surface area contributed by atoms with Crippen molar-refractivity contribution in [1.29, 1.82) is 0 Å². The maximum atomic E-state index is 5.69. The topological polar surface area (TPSA) is 58.5 Å². The van der Waals surface area contributed by atoms with Crippen molar-refractivity contribution in [2.45, 2.75) is 26.7 Å². The number of ether oxygens (including phenoxy) is 1. The summed E-state index contributed by atoms with van der Waals surface area (Å²) >= 11 is 1.78. The van der Waals surface area contributed by atoms with Gasteiger partial charge in [0.1, 0.15) is 12.4 Å². The molecule has 6 heteroatoms. The number of hydrogen-bond donors (Lipinski definition) is 2. The van der Waals surface area contributed by atoms with Gasteiger partial charge in [0.15, 0.2) is 5.96 Å². The molecule has 5 nitrogen and oxygen atoms in total. The van der Waals surface area contributed by atoms with Crippen LogP contribution in [-0.4, -0.2) is 37.7 Å². The maximum Gasteiger partial charge on any atom is 0.191 e. The Morgan fingerprint density at radius 1 is 1.21 bits per heavy atom. The van der Waals surface area contributed by atoms with Gasteiger partial charge in [0, 0.05) is 31.1 Å². The van der Waals surface area contributed by atoms with E-state index in [9.17, 15) is 0 Å². The summed E-state index contributed by atoms with van der Waals surface area (Å²) in [6.07, 6.45) is 3.93. The van der Waals surface area contributed by atoms with E-state index >= 15 is 0 Å². The predicted molar refractivity (Wildman–Crippen MR) is 101 cm³/mol. The van der Waals surface area contributed by atoms with E-state index in [-0.39, 0.29) is 0 Å². The number of benzene rings is 1. The highest BCUT2D eigenvalue weighted by molar-refractivity contribution is 7.11. The molecule has 0 saturated heterocycles. The first-order chi connectivity index (χ1) is 11.7. The molecule has 2 rings (SSSR count). The number of hydrogen-bond acceptors (Lipinski definition) is 4. The Hall–Kier alpha value is -2.08. The highest BCUT2D eigenvalue weighted by Gasteiger charge is 2.02. The number of aliphatic imine (C=N–C) groups is 1. The minimum absolute atomic E-state index is 0.593. The monoisotopic (exact) mass is 346 g/mol. The van der Waals surface area contributed by atoms with Gasteiger partial charge in [-0.25, -0.2) is 4.98 Å². The molecule has 24 heavy (non-hydrogen) atoms. The summed E-state index contributed by atoms with van der Waals surface area (Å²) in [4.78, 5) is 9.98. The van der Waals surface area contributed by atoms with E-state index in [0.717, 1.165) is 36.1 Å². The van der Waals surface area contributed by atoms with Crippen LogP contribution in [0.1, 0.15) is 22.4 Å². The van der Waals surface area contributed by atoms with Crippen LogP contribution in [-0.2, 0) is 12.8 Å². The van der Waals surface area contributed by atoms with E-state index < -0.39 is 0 Å². The van der Waals surface area contributed by atoms with Crippen molar-refractivity contribution in [3.05, 3.63) is 45.9 Å². The van der Waals surface area contributed by atoms with Crippen molar-refractivity contribution >= 4 is 17.3 Å². The zero-order chi connectivity index (χ0) is 17.2. The zero-order valence-corrected chi connectivity index (χ0v) is 15.4. The van der Waals surface area contributed by atoms with Crippen molar-refractivity contribution in [1.82, 2.24) is 15.6 Å². The summed E-state index contributed by atoms with van der Waals surface area (Å²) < 4.78 is 5.69. The van der Waals surface area contributed by atoms with E-state index in [1.165, 1.54) is 10.4 Å². The lowest BCUT2D eigenvalue weighted by molar-refractivity contribution is 0.322. The highest BCUT2D eigenvalue weighted by atomic mass is 32.1. The van der Waals surface area contributed by atoms with Gasteiger partial charge in [-0.15, -0.1) is 11.3 Å². The van der Waals surface area contributed by atoms with Crippen molar-refractivity contribution in [3.63, 3.8) is 0 Å². The first kappa shape index (κ1) is 18.3. The molecule has 130 valence electrons. The summed E-state index contributed by atoms with van der Waals surface area (Å²) in [7, 11) is 1.77. The number of aryl methyl sites for hydroxylation is 2. The van der Waals surface area contributed by atoms with Gasteiger partial charge in [-0.1, -0.05) is 24.6 Å². The molecule has 0 saturated carbocycles. The Morgan fingerprint density at radius 2 is 1.96 bits per heavy atom. The second-order valence-electron chi connectivity index (χ2n) is 5.41. The molecular formula is C18H26N4OS. The van der Waals surface area contributed by atoms with E-state index in [1.54, 1.807) is 18.4 Å². The first-order valence-electron chi connectivity index (χ1n) is 8.29. The van der Waals surface area contributed by atoms with Crippen molar-refractivity contribution in [2.24, 2.45) is 4.99 Å². The van der Waals surface area contributed by atoms with Crippen LogP contribution in [0.2, 0.25) is 0 Å². The molecule has 0 fully saturated rings. The Kier molecular flexibility index (Phi) is 7.55. The zero-order valence-electron chi connectivity index (χ0n) is 14.6. The summed E-state index contributed by atoms with van der Waals surface area (Å²) in [6.45, 7) is 6.33. The first-order valence-corrected chi connectivity index (χ1v) is 9.10. The smallest absolute Gasteiger partial charge is 0.191 e. The fourth-order valence-electron chi connectivity index (χ4n) is 2.11. The molecule has 0 aliphatic heterocycles. The van der Waals surface area contributed by atoms with E-state index in [2.05, 4.69) is 34.5 Å². The molecule has 0 atom stereocenters. The summed E-state index contributed by atoms with van der Waals surface area (Å²) in [5, 5.41) is 7.72. The van der Waals surface area contributed by atoms with Crippen LogP contribution in [0.4, 0.5) is 0 Å². The number of thiazole rings is 1. The van der Waals surface area contributed by atoms with Crippen LogP contribution in [0.25, 0.3) is 0 Å². The lowest BCUT2D eigenvalue weighted by Crippen LogP contribution is -2.40. The third-order valence-electron chi connectivity index (χ3n) is 3.49. The van der Waals surface area contributed by atoms with Crippen LogP contribution >= 0.6 is 11.3 Å². The number of nitrogens with zero attached hydrogens (tertiary/aromatic N) is 2. The van der Waals surface area contributed by atoms with Gasteiger partial charge < -0.3 is 15.4 Å². The molecule has 0 amide bonds. The standard InChI is InChI=1S/C18H26N4OS/c1-4-16-13-22-17(24-16)9-10-20-18(19-3)21-11-12-23-15-7-5-14(2)6-8-15/h5-8,13H,4,9-12H2,1-3H3,(H2,19,20,21). The average molecular weight is 347 g/mol. The van der Waals surface area contributed by atoms with Gasteiger partial charge in [-0.2, -0.15) is 0 Å². The molecule has 1 aromatic carbocycles. The minimum Gasteiger partial charge on any atom is -0.492 e. The number of aromatic nitrogens is 1. The minimum atomic E-state index is 0.593. The number of rotatable bonds is 8. The molecule has 1 heterocycles. The Morgan fingerprint density at radius 3 is 2.62 bits per heavy atom. The molecule has 1 aromatic heterocycles. The van der Waals surface area contributed by atoms with Gasteiger partial charge in [-0.3, -0.25) is 4.99 Å². The fraction of sp³-hybridized carbons (Fsp3) is 0.444. The Bertz CT molecular complexity index is 637. The molecule has 0 aliphatic rings. The summed E-state index contributed by atoms with van der Waals surface area (Å²) in [5.74, 6) is 1.68. The summed E-state index contributed by atoms with van der Waals surface area (Å²) in [6, 6.07) is 8.07. The Labute approximate surface area is 148 Å². The molecule has 0 aliphatic carbocycles. The predicted octanol–water partition coefficient (Wildman–Crippen LogP) is 2.80. The lowest BCUT2D eigenvalue weighted by Gasteiger charge is -2.12. The van der Waals surface area contributed by atoms with Crippen molar-refractivity contribution in [3.8, 4) is 5.75 Å². The third kappa shape index (κ3) is 6.20. The normalized spacial score (nSPS) is 11.4. The van der Waals surface area contributed by atoms with Gasteiger partial charge in [-0.05, 0) is 25.5 Å². The lowest BCUT2D eigenvalue weighted by atomic mass is 10.2. The van der Waals surface area contributed by atoms with Gasteiger partial charge >= 0.3 is 0 Å². The highest BCUT2D eigenvalue weighted by Crippen LogP contribution is 2.13. The van der Waals surface area contributed by atoms with Crippen LogP contribution < -0.4 is 15.4 Å². The van der Waals surface area contributed by atoms with Gasteiger partial charge in [0.25, 0.3) is 0 Å². The molecule has 0 bridgehead atoms. The van der Waals surface area contributed by atoms with Crippen LogP contribution in [0.3, 0.4) is 0 Å². The maximum absolute atomic E-state index is 5.69. The van der Waals surface area contributed by atoms with Crippen LogP contribution in [0.15, 0.2) is 35.5 Å². The van der Waals surface area contributed by atoms with E-state index in [1.807, 2.05) is 30.5 Å². The number of guanidine groups is 1. The molecule has 0 spiro atoms. The SMILES string of the molecule is CCc1cnc(CCNC(=NC)NCCOc2ccc(C)cc2)s1. The van der Waals surface area contributed by atoms with Crippen LogP contribution in [0.5, 0.6) is 5.75 Å². The van der Waals surface area contributed by atoms with Crippen LogP contribution in [0, 0.1) is 6.92 Å². The Balaban J connectivity index is 1.62. The van der Waals surface area contributed by atoms with Crippen molar-refractivity contribution in [2.75, 3.05) is 26.7 Å². The van der Waals surface area contributed by atoms with Gasteiger partial charge in [0.05, 0.1) is 11.6 Å². The molecule has 2 aromatic rings. The molecular weight excluding hydrogens is 320 g/mol. The third-order valence-corrected chi connectivity index (χ3v) is 4.69. The van der Waals surface area contributed by atoms with E-state index in [4.69, 9.17) is 4.74 Å². The quantitative estimate of drug-likeness (QED) is 0.438. The molecule has 2 N–H and O–H groups in total. The summed E-state index contributed by atoms with van der Waals surface area (Å²) in [5.41, 5.74) is 1.23. The number of nitrogens with one attached hydrogen (secondary N) is 2. The van der Waals surface area contributed by atoms with E-state index in [0.29, 0.717) is 13.2 Å². The molecule has 0 radical (unpaired) electrons. The largest absolute Gasteiger partial charge is 0.492 e. The van der Waals surface area contributed by atoms with Crippen molar-refractivity contribution < 1.29 is 4.74 Å². The second-order valence-corrected chi connectivity index (χ2v) is 6.61. The average Bonchev–Trinajstić information content (AvgIpc) is 3.06. The fourth-order valence-corrected chi connectivity index (χ4v) is 2.97. The second kappa shape index (κ2) is 9.93. The molecule has 0 unspecified atom stereocenters.